The van der Waals surface area contributed by atoms with Gasteiger partial charge in [0.1, 0.15) is 0 Å². The van der Waals surface area contributed by atoms with Gasteiger partial charge < -0.3 is 9.64 Å². The van der Waals surface area contributed by atoms with Gasteiger partial charge >= 0.3 is 6.01 Å². The Hall–Kier alpha value is -3.62. The molecule has 0 atom stereocenters. The Morgan fingerprint density at radius 3 is 2.15 bits per heavy atom. The molecule has 0 N–H and O–H groups in total. The van der Waals surface area contributed by atoms with Crippen molar-refractivity contribution < 1.29 is 26.7 Å². The Balaban J connectivity index is 1.88. The van der Waals surface area contributed by atoms with Crippen LogP contribution in [0.2, 0.25) is 0 Å². The molecule has 7 nitrogen and oxygen atoms in total. The second kappa shape index (κ2) is 8.73. The fraction of sp³-hybridized carbons (Fsp3) is 0.381. The van der Waals surface area contributed by atoms with Crippen LogP contribution in [0.5, 0.6) is 11.8 Å². The minimum atomic E-state index is -2.32. The number of benzene rings is 1. The molecule has 174 valence electrons. The average Bonchev–Trinajstić information content (AvgIpc) is 3.19. The lowest BCUT2D eigenvalue weighted by Gasteiger charge is -2.27. The Morgan fingerprint density at radius 2 is 1.55 bits per heavy atom. The predicted octanol–water partition coefficient (Wildman–Crippen LogP) is 3.63. The molecule has 12 heteroatoms. The van der Waals surface area contributed by atoms with Gasteiger partial charge in [-0.15, -0.1) is 5.92 Å². The fourth-order valence-electron chi connectivity index (χ4n) is 3.63. The molecule has 0 bridgehead atoms. The van der Waals surface area contributed by atoms with E-state index in [0.29, 0.717) is 19.0 Å². The molecule has 1 aliphatic heterocycles. The lowest BCUT2D eigenvalue weighted by molar-refractivity contribution is 0.316. The third kappa shape index (κ3) is 3.77. The van der Waals surface area contributed by atoms with Crippen LogP contribution >= 0.6 is 0 Å². The number of aromatic nitrogens is 4. The molecule has 1 saturated heterocycles. The smallest absolute Gasteiger partial charge is 0.306 e. The number of piperidine rings is 1. The fourth-order valence-corrected chi connectivity index (χ4v) is 3.63. The summed E-state index contributed by atoms with van der Waals surface area (Å²) in [6, 6.07) is -0.688. The predicted molar refractivity (Wildman–Crippen MR) is 109 cm³/mol. The summed E-state index contributed by atoms with van der Waals surface area (Å²) in [6.07, 6.45) is 2.93. The van der Waals surface area contributed by atoms with Gasteiger partial charge in [-0.1, -0.05) is 5.92 Å². The van der Waals surface area contributed by atoms with Crippen LogP contribution in [0.15, 0.2) is 4.79 Å². The molecule has 3 heterocycles. The maximum absolute atomic E-state index is 14.1. The monoisotopic (exact) mass is 467 g/mol. The highest BCUT2D eigenvalue weighted by Gasteiger charge is 2.29. The van der Waals surface area contributed by atoms with Crippen LogP contribution < -0.4 is 15.2 Å². The highest BCUT2D eigenvalue weighted by atomic mass is 19.2. The quantitative estimate of drug-likeness (QED) is 0.254. The number of hydrogen-bond donors (Lipinski definition) is 0. The molecule has 0 aliphatic carbocycles. The summed E-state index contributed by atoms with van der Waals surface area (Å²) in [6.45, 7) is 3.20. The summed E-state index contributed by atoms with van der Waals surface area (Å²) in [4.78, 5) is 23.5. The largest absolute Gasteiger partial charge is 0.419 e. The van der Waals surface area contributed by atoms with Crippen molar-refractivity contribution in [3.8, 4) is 23.6 Å². The highest BCUT2D eigenvalue weighted by molar-refractivity contribution is 5.75. The number of anilines is 1. The van der Waals surface area contributed by atoms with Gasteiger partial charge in [-0.25, -0.2) is 13.2 Å². The van der Waals surface area contributed by atoms with Crippen LogP contribution in [0.1, 0.15) is 26.2 Å². The minimum absolute atomic E-state index is 0.0746. The number of rotatable bonds is 4. The number of hydrogen-bond acceptors (Lipinski definition) is 5. The van der Waals surface area contributed by atoms with Gasteiger partial charge in [-0.2, -0.15) is 18.7 Å². The van der Waals surface area contributed by atoms with Crippen molar-refractivity contribution in [2.24, 2.45) is 7.05 Å². The van der Waals surface area contributed by atoms with Gasteiger partial charge in [0.15, 0.2) is 11.2 Å². The van der Waals surface area contributed by atoms with Crippen molar-refractivity contribution in [1.29, 1.82) is 0 Å². The van der Waals surface area contributed by atoms with Crippen molar-refractivity contribution >= 4 is 17.1 Å². The van der Waals surface area contributed by atoms with Gasteiger partial charge in [0.05, 0.1) is 6.54 Å². The standard InChI is InChI=1S/C21H18F5N5O2/c1-3-4-10-31-16-18(27-20(31)30-8-6-5-7-9-30)28-21(29(2)19(16)32)33-17-14(25)12(23)11(22)13(24)15(17)26/h5-10H2,1-2H3. The molecular formula is C21H18F5N5O2. The van der Waals surface area contributed by atoms with E-state index in [1.54, 1.807) is 11.5 Å². The van der Waals surface area contributed by atoms with E-state index in [1.807, 2.05) is 4.90 Å². The number of nitrogens with zero attached hydrogens (tertiary/aromatic N) is 5. The summed E-state index contributed by atoms with van der Waals surface area (Å²) >= 11 is 0. The molecule has 0 unspecified atom stereocenters. The summed E-state index contributed by atoms with van der Waals surface area (Å²) in [5.41, 5.74) is -0.714. The molecule has 0 spiro atoms. The first-order valence-electron chi connectivity index (χ1n) is 10.1. The molecule has 3 aromatic rings. The van der Waals surface area contributed by atoms with E-state index < -0.39 is 46.4 Å². The van der Waals surface area contributed by atoms with Crippen LogP contribution in [0.3, 0.4) is 0 Å². The third-order valence-corrected chi connectivity index (χ3v) is 5.34. The number of imidazole rings is 1. The first kappa shape index (κ1) is 22.6. The van der Waals surface area contributed by atoms with E-state index in [0.717, 1.165) is 23.8 Å². The van der Waals surface area contributed by atoms with Gasteiger partial charge in [0.2, 0.25) is 40.8 Å². The summed E-state index contributed by atoms with van der Waals surface area (Å²) < 4.78 is 75.9. The lowest BCUT2D eigenvalue weighted by atomic mass is 10.1. The second-order valence-corrected chi connectivity index (χ2v) is 7.40. The molecule has 0 radical (unpaired) electrons. The zero-order valence-corrected chi connectivity index (χ0v) is 17.7. The van der Waals surface area contributed by atoms with Crippen LogP contribution in [0.4, 0.5) is 27.9 Å². The second-order valence-electron chi connectivity index (χ2n) is 7.40. The molecule has 33 heavy (non-hydrogen) atoms. The summed E-state index contributed by atoms with van der Waals surface area (Å²) in [5, 5.41) is 0. The van der Waals surface area contributed by atoms with Crippen molar-refractivity contribution in [3.63, 3.8) is 0 Å². The van der Waals surface area contributed by atoms with Gasteiger partial charge in [0.25, 0.3) is 5.56 Å². The van der Waals surface area contributed by atoms with Gasteiger partial charge in [0, 0.05) is 20.1 Å². The van der Waals surface area contributed by atoms with Crippen molar-refractivity contribution in [2.45, 2.75) is 32.7 Å². The van der Waals surface area contributed by atoms with E-state index in [1.165, 1.54) is 7.05 Å². The molecule has 0 amide bonds. The minimum Gasteiger partial charge on any atom is -0.419 e. The van der Waals surface area contributed by atoms with Crippen molar-refractivity contribution in [3.05, 3.63) is 39.4 Å². The normalized spacial score (nSPS) is 13.8. The molecule has 2 aromatic heterocycles. The lowest BCUT2D eigenvalue weighted by Crippen LogP contribution is -2.32. The van der Waals surface area contributed by atoms with E-state index in [4.69, 9.17) is 4.74 Å². The summed E-state index contributed by atoms with van der Waals surface area (Å²) in [7, 11) is 1.19. The highest BCUT2D eigenvalue weighted by Crippen LogP contribution is 2.32. The first-order chi connectivity index (χ1) is 15.8. The van der Waals surface area contributed by atoms with Crippen molar-refractivity contribution in [1.82, 2.24) is 19.1 Å². The Morgan fingerprint density at radius 1 is 0.939 bits per heavy atom. The first-order valence-corrected chi connectivity index (χ1v) is 10.1. The van der Waals surface area contributed by atoms with Crippen LogP contribution in [0.25, 0.3) is 11.2 Å². The Bertz CT molecular complexity index is 1340. The molecule has 1 aromatic carbocycles. The Kier molecular flexibility index (Phi) is 5.97. The number of ether oxygens (including phenoxy) is 1. The topological polar surface area (TPSA) is 65.2 Å². The van der Waals surface area contributed by atoms with E-state index >= 15 is 0 Å². The number of fused-ring (bicyclic) bond motifs is 1. The summed E-state index contributed by atoms with van der Waals surface area (Å²) in [5.74, 6) is -6.53. The molecule has 0 saturated carbocycles. The molecule has 1 fully saturated rings. The zero-order valence-electron chi connectivity index (χ0n) is 17.7. The van der Waals surface area contributed by atoms with E-state index in [9.17, 15) is 26.7 Å². The average molecular weight is 467 g/mol. The van der Waals surface area contributed by atoms with Crippen molar-refractivity contribution in [2.75, 3.05) is 18.0 Å². The van der Waals surface area contributed by atoms with E-state index in [-0.39, 0.29) is 17.7 Å². The number of halogens is 5. The van der Waals surface area contributed by atoms with Gasteiger partial charge in [-0.3, -0.25) is 13.9 Å². The van der Waals surface area contributed by atoms with Crippen LogP contribution in [-0.4, -0.2) is 32.2 Å². The van der Waals surface area contributed by atoms with Gasteiger partial charge in [-0.05, 0) is 26.2 Å². The maximum Gasteiger partial charge on any atom is 0.306 e. The SMILES string of the molecule is CC#CCn1c(N2CCCCC2)nc2nc(Oc3c(F)c(F)c(F)c(F)c3F)n(C)c(=O)c21. The van der Waals surface area contributed by atoms with Crippen LogP contribution in [-0.2, 0) is 13.6 Å². The zero-order chi connectivity index (χ0) is 23.9. The maximum atomic E-state index is 14.1. The molecular weight excluding hydrogens is 449 g/mol. The van der Waals surface area contributed by atoms with Crippen LogP contribution in [0, 0.1) is 40.9 Å². The van der Waals surface area contributed by atoms with E-state index in [2.05, 4.69) is 21.8 Å². The molecule has 1 aliphatic rings. The Labute approximate surface area is 184 Å². The molecule has 4 rings (SSSR count). The third-order valence-electron chi connectivity index (χ3n) is 5.34.